The molecule has 0 unspecified atom stereocenters. The van der Waals surface area contributed by atoms with E-state index in [-0.39, 0.29) is 5.91 Å². The number of nitrogens with zero attached hydrogens (tertiary/aromatic N) is 2. The molecule has 0 aromatic carbocycles. The third-order valence-electron chi connectivity index (χ3n) is 2.92. The van der Waals surface area contributed by atoms with Crippen LogP contribution in [0.3, 0.4) is 0 Å². The minimum absolute atomic E-state index is 0.203. The molecule has 0 radical (unpaired) electrons. The van der Waals surface area contributed by atoms with Crippen molar-refractivity contribution in [2.75, 3.05) is 11.9 Å². The highest BCUT2D eigenvalue weighted by Gasteiger charge is 2.22. The second-order valence-electron chi connectivity index (χ2n) is 4.07. The largest absolute Gasteiger partial charge is 0.312 e. The van der Waals surface area contributed by atoms with Crippen LogP contribution in [-0.2, 0) is 13.0 Å². The molecule has 1 amide bonds. The van der Waals surface area contributed by atoms with Crippen molar-refractivity contribution in [2.45, 2.75) is 13.0 Å². The molecule has 2 aromatic rings. The molecule has 0 fully saturated rings. The predicted octanol–water partition coefficient (Wildman–Crippen LogP) is 1.97. The predicted molar refractivity (Wildman–Crippen MR) is 74.5 cm³/mol. The van der Waals surface area contributed by atoms with Crippen LogP contribution in [0.1, 0.15) is 25.7 Å². The summed E-state index contributed by atoms with van der Waals surface area (Å²) < 4.78 is 0. The molecule has 0 saturated carbocycles. The molecule has 0 aliphatic carbocycles. The second kappa shape index (κ2) is 5.09. The summed E-state index contributed by atoms with van der Waals surface area (Å²) in [5.41, 5.74) is 3.30. The summed E-state index contributed by atoms with van der Waals surface area (Å²) in [6.07, 6.45) is 2.37. The monoisotopic (exact) mass is 290 g/mol. The normalized spacial score (nSPS) is 13.6. The van der Waals surface area contributed by atoms with E-state index in [2.05, 4.69) is 21.7 Å². The van der Waals surface area contributed by atoms with E-state index in [0.29, 0.717) is 15.4 Å². The van der Waals surface area contributed by atoms with Gasteiger partial charge < -0.3 is 10.6 Å². The Morgan fingerprint density at radius 2 is 2.47 bits per heavy atom. The highest BCUT2D eigenvalue weighted by Crippen LogP contribution is 2.35. The fourth-order valence-corrected chi connectivity index (χ4v) is 3.71. The van der Waals surface area contributed by atoms with E-state index < -0.39 is 0 Å². The molecule has 3 heterocycles. The van der Waals surface area contributed by atoms with Crippen molar-refractivity contribution in [2.24, 2.45) is 0 Å². The van der Waals surface area contributed by atoms with E-state index in [4.69, 9.17) is 0 Å². The van der Waals surface area contributed by atoms with Gasteiger partial charge in [-0.2, -0.15) is 5.26 Å². The van der Waals surface area contributed by atoms with Gasteiger partial charge in [-0.1, -0.05) is 0 Å². The lowest BCUT2D eigenvalue weighted by molar-refractivity contribution is 0.103. The molecule has 0 bridgehead atoms. The number of carbonyl (C=O) groups excluding carboxylic acids is 1. The number of carbonyl (C=O) groups is 1. The number of nitrogens with one attached hydrogen (secondary N) is 2. The van der Waals surface area contributed by atoms with Gasteiger partial charge in [-0.05, 0) is 18.5 Å². The SMILES string of the molecule is N#Cc1c(NC(=O)c2cncs2)sc2c1CCNC2. The van der Waals surface area contributed by atoms with Gasteiger partial charge >= 0.3 is 0 Å². The topological polar surface area (TPSA) is 77.8 Å². The maximum atomic E-state index is 12.0. The van der Waals surface area contributed by atoms with Gasteiger partial charge in [0, 0.05) is 11.4 Å². The van der Waals surface area contributed by atoms with Crippen LogP contribution < -0.4 is 10.6 Å². The quantitative estimate of drug-likeness (QED) is 0.886. The highest BCUT2D eigenvalue weighted by atomic mass is 32.1. The number of hydrogen-bond donors (Lipinski definition) is 2. The third-order valence-corrected chi connectivity index (χ3v) is 4.84. The van der Waals surface area contributed by atoms with Crippen LogP contribution in [0.2, 0.25) is 0 Å². The van der Waals surface area contributed by atoms with Crippen LogP contribution in [0.5, 0.6) is 0 Å². The number of anilines is 1. The molecule has 7 heteroatoms. The zero-order valence-electron chi connectivity index (χ0n) is 9.90. The van der Waals surface area contributed by atoms with Gasteiger partial charge in [-0.3, -0.25) is 9.78 Å². The fourth-order valence-electron chi connectivity index (χ4n) is 2.03. The minimum Gasteiger partial charge on any atom is -0.312 e. The number of fused-ring (bicyclic) bond motifs is 1. The summed E-state index contributed by atoms with van der Waals surface area (Å²) in [5, 5.41) is 16.0. The molecule has 2 N–H and O–H groups in total. The fraction of sp³-hybridized carbons (Fsp3) is 0.250. The zero-order valence-corrected chi connectivity index (χ0v) is 11.5. The highest BCUT2D eigenvalue weighted by molar-refractivity contribution is 7.17. The van der Waals surface area contributed by atoms with Gasteiger partial charge in [-0.25, -0.2) is 0 Å². The Bertz CT molecular complexity index is 654. The van der Waals surface area contributed by atoms with E-state index in [1.54, 1.807) is 5.51 Å². The number of nitriles is 1. The summed E-state index contributed by atoms with van der Waals surface area (Å²) in [6, 6.07) is 2.21. The maximum absolute atomic E-state index is 12.0. The number of aromatic nitrogens is 1. The van der Waals surface area contributed by atoms with Crippen LogP contribution in [0, 0.1) is 11.3 Å². The van der Waals surface area contributed by atoms with Crippen molar-refractivity contribution in [3.8, 4) is 6.07 Å². The summed E-state index contributed by atoms with van der Waals surface area (Å²) in [7, 11) is 0. The second-order valence-corrected chi connectivity index (χ2v) is 6.06. The number of rotatable bonds is 2. The van der Waals surface area contributed by atoms with Gasteiger partial charge in [-0.15, -0.1) is 22.7 Å². The molecule has 1 aliphatic heterocycles. The Kier molecular flexibility index (Phi) is 3.29. The van der Waals surface area contributed by atoms with Crippen molar-refractivity contribution < 1.29 is 4.79 Å². The third kappa shape index (κ3) is 2.26. The number of thiophene rings is 1. The molecule has 3 rings (SSSR count). The van der Waals surface area contributed by atoms with Crippen LogP contribution in [0.25, 0.3) is 0 Å². The van der Waals surface area contributed by atoms with Gasteiger partial charge in [0.2, 0.25) is 0 Å². The lowest BCUT2D eigenvalue weighted by Crippen LogP contribution is -2.22. The van der Waals surface area contributed by atoms with Crippen LogP contribution >= 0.6 is 22.7 Å². The molecule has 2 aromatic heterocycles. The Hall–Kier alpha value is -1.75. The van der Waals surface area contributed by atoms with Crippen LogP contribution in [-0.4, -0.2) is 17.4 Å². The Morgan fingerprint density at radius 1 is 1.58 bits per heavy atom. The minimum atomic E-state index is -0.203. The summed E-state index contributed by atoms with van der Waals surface area (Å²) in [4.78, 5) is 17.6. The molecule has 0 atom stereocenters. The Balaban J connectivity index is 1.91. The van der Waals surface area contributed by atoms with E-state index in [1.807, 2.05) is 0 Å². The van der Waals surface area contributed by atoms with Gasteiger partial charge in [0.05, 0.1) is 17.3 Å². The van der Waals surface area contributed by atoms with Gasteiger partial charge in [0.15, 0.2) is 0 Å². The summed E-state index contributed by atoms with van der Waals surface area (Å²) in [6.45, 7) is 1.64. The maximum Gasteiger partial charge on any atom is 0.268 e. The first-order valence-electron chi connectivity index (χ1n) is 5.75. The molecular formula is C12H10N4OS2. The van der Waals surface area contributed by atoms with Gasteiger partial charge in [0.25, 0.3) is 5.91 Å². The molecule has 96 valence electrons. The first-order chi connectivity index (χ1) is 9.29. The molecule has 1 aliphatic rings. The number of thiazole rings is 1. The Labute approximate surface area is 117 Å². The first kappa shape index (κ1) is 12.3. The lowest BCUT2D eigenvalue weighted by Gasteiger charge is -2.11. The summed E-state index contributed by atoms with van der Waals surface area (Å²) >= 11 is 2.76. The van der Waals surface area contributed by atoms with Crippen molar-refractivity contribution in [3.63, 3.8) is 0 Å². The van der Waals surface area contributed by atoms with Crippen molar-refractivity contribution in [3.05, 3.63) is 32.6 Å². The number of amides is 1. The average molecular weight is 290 g/mol. The molecule has 0 spiro atoms. The molecule has 5 nitrogen and oxygen atoms in total. The standard InChI is InChI=1S/C12H10N4OS2/c13-3-8-7-1-2-14-4-9(7)19-12(8)16-11(17)10-5-15-6-18-10/h5-6,14H,1-2,4H2,(H,16,17). The van der Waals surface area contributed by atoms with E-state index >= 15 is 0 Å². The van der Waals surface area contributed by atoms with Crippen molar-refractivity contribution >= 4 is 33.6 Å². The summed E-state index contributed by atoms with van der Waals surface area (Å²) in [5.74, 6) is -0.203. The van der Waals surface area contributed by atoms with Crippen LogP contribution in [0.4, 0.5) is 5.00 Å². The number of hydrogen-bond acceptors (Lipinski definition) is 6. The molecular weight excluding hydrogens is 280 g/mol. The van der Waals surface area contributed by atoms with Crippen molar-refractivity contribution in [1.82, 2.24) is 10.3 Å². The van der Waals surface area contributed by atoms with Gasteiger partial charge in [0.1, 0.15) is 15.9 Å². The van der Waals surface area contributed by atoms with Crippen molar-refractivity contribution in [1.29, 1.82) is 5.26 Å². The van der Waals surface area contributed by atoms with E-state index in [9.17, 15) is 10.1 Å². The Morgan fingerprint density at radius 3 is 3.21 bits per heavy atom. The first-order valence-corrected chi connectivity index (χ1v) is 7.44. The van der Waals surface area contributed by atoms with Crippen LogP contribution in [0.15, 0.2) is 11.7 Å². The molecule has 0 saturated heterocycles. The lowest BCUT2D eigenvalue weighted by atomic mass is 10.1. The average Bonchev–Trinajstić information content (AvgIpc) is 3.05. The smallest absolute Gasteiger partial charge is 0.268 e. The van der Waals surface area contributed by atoms with E-state index in [0.717, 1.165) is 30.0 Å². The zero-order chi connectivity index (χ0) is 13.2. The molecule has 19 heavy (non-hydrogen) atoms. The van der Waals surface area contributed by atoms with E-state index in [1.165, 1.54) is 28.9 Å².